The Balaban J connectivity index is 0.00000673. The fourth-order valence-corrected chi connectivity index (χ4v) is 6.04. The highest BCUT2D eigenvalue weighted by molar-refractivity contribution is 8.04. The number of carbonyl (C=O) groups is 2. The molecule has 0 saturated carbocycles. The summed E-state index contributed by atoms with van der Waals surface area (Å²) in [4.78, 5) is 40.7. The first kappa shape index (κ1) is 42.4. The molecule has 5 rings (SSSR count). The SMILES string of the molecule is O.O=C(O)CSc1nc(Cl)nc(Nc2ccc3c(O)c(N=Nc4ccc(C(=O)Nc5cccc(SC#COOS(=O)(=O)O)c5)cc4)c(SOOO)cc3c2)n1. The van der Waals surface area contributed by atoms with Crippen molar-refractivity contribution in [1.29, 1.82) is 0 Å². The molecule has 0 atom stereocenters. The first-order chi connectivity index (χ1) is 25.9. The lowest BCUT2D eigenvalue weighted by Gasteiger charge is -2.11. The summed E-state index contributed by atoms with van der Waals surface area (Å²) in [5.41, 5.74) is 1.45. The van der Waals surface area contributed by atoms with Gasteiger partial charge in [-0.1, -0.05) is 22.9 Å². The van der Waals surface area contributed by atoms with Crippen molar-refractivity contribution in [3.63, 3.8) is 0 Å². The number of carbonyl (C=O) groups excluding carboxylic acids is 1. The molecule has 286 valence electrons. The number of rotatable bonds is 15. The highest BCUT2D eigenvalue weighted by Crippen LogP contribution is 2.44. The van der Waals surface area contributed by atoms with Crippen LogP contribution in [0.25, 0.3) is 10.8 Å². The Kier molecular flexibility index (Phi) is 15.3. The molecule has 1 amide bonds. The van der Waals surface area contributed by atoms with Crippen LogP contribution < -0.4 is 10.6 Å². The number of nitrogens with one attached hydrogen (secondary N) is 2. The average Bonchev–Trinajstić information content (AvgIpc) is 3.12. The van der Waals surface area contributed by atoms with E-state index in [4.69, 9.17) is 26.5 Å². The second-order valence-electron chi connectivity index (χ2n) is 9.87. The van der Waals surface area contributed by atoms with E-state index in [0.717, 1.165) is 23.5 Å². The van der Waals surface area contributed by atoms with Gasteiger partial charge in [-0.05, 0) is 99.8 Å². The molecule has 1 aromatic heterocycles. The van der Waals surface area contributed by atoms with Gasteiger partial charge in [-0.3, -0.25) is 19.0 Å². The number of hydrogen-bond donors (Lipinski definition) is 6. The molecule has 1 heterocycles. The van der Waals surface area contributed by atoms with Crippen LogP contribution in [0.15, 0.2) is 98.0 Å². The van der Waals surface area contributed by atoms with Crippen LogP contribution in [0, 0.1) is 11.4 Å². The number of amides is 1. The minimum Gasteiger partial charge on any atom is -0.505 e. The van der Waals surface area contributed by atoms with Crippen LogP contribution in [-0.2, 0) is 33.8 Å². The molecule has 0 unspecified atom stereocenters. The molecule has 20 nitrogen and oxygen atoms in total. The number of carboxylic acids is 1. The Bertz CT molecular complexity index is 2400. The quantitative estimate of drug-likeness (QED) is 0.0127. The van der Waals surface area contributed by atoms with Gasteiger partial charge in [-0.15, -0.1) is 9.45 Å². The maximum Gasteiger partial charge on any atom is 0.433 e. The van der Waals surface area contributed by atoms with Crippen LogP contribution >= 0.6 is 47.2 Å². The van der Waals surface area contributed by atoms with Gasteiger partial charge in [-0.2, -0.15) is 28.5 Å². The largest absolute Gasteiger partial charge is 0.505 e. The summed E-state index contributed by atoms with van der Waals surface area (Å²) in [7, 11) is -4.80. The van der Waals surface area contributed by atoms with E-state index < -0.39 is 22.3 Å². The van der Waals surface area contributed by atoms with Crippen molar-refractivity contribution in [2.75, 3.05) is 16.4 Å². The Hall–Kier alpha value is -5.30. The molecule has 55 heavy (non-hydrogen) atoms. The van der Waals surface area contributed by atoms with E-state index in [9.17, 15) is 23.1 Å². The lowest BCUT2D eigenvalue weighted by Crippen LogP contribution is -2.11. The van der Waals surface area contributed by atoms with Crippen LogP contribution in [0.1, 0.15) is 10.4 Å². The van der Waals surface area contributed by atoms with Crippen LogP contribution in [0.4, 0.5) is 28.7 Å². The Morgan fingerprint density at radius 1 is 0.982 bits per heavy atom. The maximum absolute atomic E-state index is 12.9. The van der Waals surface area contributed by atoms with Gasteiger partial charge in [0.05, 0.1) is 28.4 Å². The van der Waals surface area contributed by atoms with Gasteiger partial charge >= 0.3 is 16.4 Å². The second kappa shape index (κ2) is 19.9. The number of fused-ring (bicyclic) bond motifs is 1. The van der Waals surface area contributed by atoms with Gasteiger partial charge < -0.3 is 26.3 Å². The number of nitrogens with zero attached hydrogens (tertiary/aromatic N) is 5. The standard InChI is InChI=1S/C30H20ClN7O12S4.H2O/c31-28-34-29(36-30(35-28)52-15-24(39)40)33-20-8-9-22-17(12-20)13-23(53-49-48-43)25(26(22)41)38-37-18-6-4-16(5-7-18)27(42)32-19-2-1-3-21(14-19)51-11-10-47-50-54(44,45)46;/h1-9,12-14,41,43H,15H2,(H,32,42)(H,39,40)(H,44,45,46)(H,33,34,35,36);1H2. The van der Waals surface area contributed by atoms with Crippen molar-refractivity contribution in [2.45, 2.75) is 14.9 Å². The Morgan fingerprint density at radius 3 is 2.49 bits per heavy atom. The summed E-state index contributed by atoms with van der Waals surface area (Å²) in [6.45, 7) is 0. The molecule has 0 radical (unpaired) electrons. The van der Waals surface area contributed by atoms with E-state index >= 15 is 0 Å². The van der Waals surface area contributed by atoms with Crippen LogP contribution in [0.5, 0.6) is 5.75 Å². The molecular formula is C30H22ClN7O13S4. The normalized spacial score (nSPS) is 11.0. The van der Waals surface area contributed by atoms with Crippen molar-refractivity contribution >= 4 is 109 Å². The molecule has 4 aromatic carbocycles. The number of phenolic OH excluding ortho intramolecular Hbond substituents is 1. The minimum atomic E-state index is -4.80. The van der Waals surface area contributed by atoms with E-state index in [-0.39, 0.29) is 49.5 Å². The summed E-state index contributed by atoms with van der Waals surface area (Å²) in [5.74, 6) is -2.03. The van der Waals surface area contributed by atoms with E-state index in [1.54, 1.807) is 48.5 Å². The maximum atomic E-state index is 12.9. The molecule has 0 spiro atoms. The zero-order chi connectivity index (χ0) is 38.7. The second-order valence-corrected chi connectivity index (χ2v) is 13.8. The van der Waals surface area contributed by atoms with Crippen molar-refractivity contribution in [3.05, 3.63) is 83.6 Å². The molecule has 0 aliphatic heterocycles. The van der Waals surface area contributed by atoms with Crippen molar-refractivity contribution < 1.29 is 62.1 Å². The number of aliphatic carboxylic acids is 1. The zero-order valence-electron chi connectivity index (χ0n) is 26.9. The summed E-state index contributed by atoms with van der Waals surface area (Å²) in [6, 6.07) is 19.0. The molecule has 0 fully saturated rings. The van der Waals surface area contributed by atoms with E-state index in [1.807, 2.05) is 6.11 Å². The molecule has 0 saturated heterocycles. The number of hydrogen-bond acceptors (Lipinski definition) is 19. The molecule has 5 aromatic rings. The van der Waals surface area contributed by atoms with E-state index in [1.165, 1.54) is 24.3 Å². The smallest absolute Gasteiger partial charge is 0.433 e. The molecule has 8 N–H and O–H groups in total. The predicted molar refractivity (Wildman–Crippen MR) is 199 cm³/mol. The molecule has 0 aliphatic carbocycles. The first-order valence-electron chi connectivity index (χ1n) is 14.3. The van der Waals surface area contributed by atoms with Crippen molar-refractivity contribution in [1.82, 2.24) is 15.0 Å². The third-order valence-electron chi connectivity index (χ3n) is 6.23. The Labute approximate surface area is 326 Å². The molecule has 25 heteroatoms. The first-order valence-corrected chi connectivity index (χ1v) is 18.6. The highest BCUT2D eigenvalue weighted by atomic mass is 35.5. The zero-order valence-corrected chi connectivity index (χ0v) is 31.0. The predicted octanol–water partition coefficient (Wildman–Crippen LogP) is 6.34. The van der Waals surface area contributed by atoms with Gasteiger partial charge in [0.25, 0.3) is 5.91 Å². The fraction of sp³-hybridized carbons (Fsp3) is 0.0333. The average molecular weight is 852 g/mol. The molecule has 0 aliphatic rings. The lowest BCUT2D eigenvalue weighted by molar-refractivity contribution is -0.432. The number of azo groups is 1. The molecular weight excluding hydrogens is 830 g/mol. The van der Waals surface area contributed by atoms with Crippen molar-refractivity contribution in [3.8, 4) is 17.1 Å². The van der Waals surface area contributed by atoms with Gasteiger partial charge in [0.15, 0.2) is 17.0 Å². The number of halogens is 1. The van der Waals surface area contributed by atoms with Gasteiger partial charge in [0, 0.05) is 32.5 Å². The Morgan fingerprint density at radius 2 is 1.76 bits per heavy atom. The van der Waals surface area contributed by atoms with Gasteiger partial charge in [0.1, 0.15) is 5.69 Å². The number of phenols is 1. The van der Waals surface area contributed by atoms with E-state index in [2.05, 4.69) is 59.7 Å². The van der Waals surface area contributed by atoms with Crippen LogP contribution in [0.2, 0.25) is 5.28 Å². The number of carboxylic acid groups (broad SMARTS) is 1. The summed E-state index contributed by atoms with van der Waals surface area (Å²) < 4.78 is 37.6. The number of thioether (sulfide) groups is 2. The number of aromatic hydroxyl groups is 1. The minimum absolute atomic E-state index is 0. The summed E-state index contributed by atoms with van der Waals surface area (Å²) in [6.07, 6.45) is 1.93. The van der Waals surface area contributed by atoms with Gasteiger partial charge in [-0.25, -0.2) is 5.26 Å². The van der Waals surface area contributed by atoms with Crippen molar-refractivity contribution in [2.24, 2.45) is 10.2 Å². The van der Waals surface area contributed by atoms with Crippen LogP contribution in [0.3, 0.4) is 0 Å². The molecule has 0 bridgehead atoms. The highest BCUT2D eigenvalue weighted by Gasteiger charge is 2.17. The number of anilines is 3. The van der Waals surface area contributed by atoms with Crippen LogP contribution in [-0.4, -0.2) is 66.5 Å². The number of aromatic nitrogens is 3. The number of benzene rings is 4. The summed E-state index contributed by atoms with van der Waals surface area (Å²) in [5, 5.41) is 49.9. The van der Waals surface area contributed by atoms with Gasteiger partial charge in [0.2, 0.25) is 11.2 Å². The lowest BCUT2D eigenvalue weighted by atomic mass is 10.1. The summed E-state index contributed by atoms with van der Waals surface area (Å²) >= 11 is 8.31. The fourth-order valence-electron chi connectivity index (χ4n) is 4.13. The van der Waals surface area contributed by atoms with E-state index in [0.29, 0.717) is 44.8 Å². The topological polar surface area (TPSA) is 305 Å². The third-order valence-corrected chi connectivity index (χ3v) is 8.77. The monoisotopic (exact) mass is 851 g/mol. The third kappa shape index (κ3) is 12.9.